The zero-order valence-corrected chi connectivity index (χ0v) is 11.2. The van der Waals surface area contributed by atoms with E-state index in [1.807, 2.05) is 11.8 Å². The Bertz CT molecular complexity index is 481. The molecule has 5 nitrogen and oxygen atoms in total. The van der Waals surface area contributed by atoms with Crippen molar-refractivity contribution in [2.75, 3.05) is 42.6 Å². The average molecular weight is 266 g/mol. The van der Waals surface area contributed by atoms with E-state index in [0.29, 0.717) is 0 Å². The van der Waals surface area contributed by atoms with E-state index in [4.69, 9.17) is 0 Å². The normalized spacial score (nSPS) is 20.3. The summed E-state index contributed by atoms with van der Waals surface area (Å²) in [7, 11) is 0. The zero-order valence-electron chi connectivity index (χ0n) is 10.4. The van der Waals surface area contributed by atoms with Crippen molar-refractivity contribution in [2.24, 2.45) is 0 Å². The van der Waals surface area contributed by atoms with Gasteiger partial charge in [0.25, 0.3) is 5.56 Å². The van der Waals surface area contributed by atoms with Crippen molar-refractivity contribution in [3.8, 4) is 0 Å². The first kappa shape index (κ1) is 12.0. The zero-order chi connectivity index (χ0) is 12.4. The van der Waals surface area contributed by atoms with Gasteiger partial charge in [-0.15, -0.1) is 0 Å². The van der Waals surface area contributed by atoms with E-state index < -0.39 is 0 Å². The Hall–Kier alpha value is -1.01. The topological polar surface area (TPSA) is 61.0 Å². The van der Waals surface area contributed by atoms with Crippen molar-refractivity contribution in [1.82, 2.24) is 15.3 Å². The molecule has 6 heteroatoms. The van der Waals surface area contributed by atoms with Crippen LogP contribution in [-0.2, 0) is 12.8 Å². The van der Waals surface area contributed by atoms with Gasteiger partial charge in [0, 0.05) is 43.1 Å². The van der Waals surface area contributed by atoms with Crippen LogP contribution in [0.15, 0.2) is 4.79 Å². The third-order valence-corrected chi connectivity index (χ3v) is 4.43. The van der Waals surface area contributed by atoms with Crippen molar-refractivity contribution >= 4 is 17.7 Å². The van der Waals surface area contributed by atoms with Crippen LogP contribution >= 0.6 is 11.8 Å². The fourth-order valence-electron chi connectivity index (χ4n) is 2.47. The van der Waals surface area contributed by atoms with Gasteiger partial charge in [0.15, 0.2) is 0 Å². The summed E-state index contributed by atoms with van der Waals surface area (Å²) in [6.45, 7) is 3.74. The maximum absolute atomic E-state index is 12.1. The SMILES string of the molecule is O=c1[nH]c(N2CCSCC2)nc2c1CCNCC2. The summed E-state index contributed by atoms with van der Waals surface area (Å²) in [6.07, 6.45) is 1.64. The number of hydrogen-bond acceptors (Lipinski definition) is 5. The first-order valence-corrected chi connectivity index (χ1v) is 7.65. The van der Waals surface area contributed by atoms with E-state index in [2.05, 4.69) is 20.2 Å². The summed E-state index contributed by atoms with van der Waals surface area (Å²) >= 11 is 1.96. The Morgan fingerprint density at radius 2 is 1.94 bits per heavy atom. The van der Waals surface area contributed by atoms with Crippen LogP contribution in [0.3, 0.4) is 0 Å². The van der Waals surface area contributed by atoms with Crippen LogP contribution in [0.2, 0.25) is 0 Å². The third kappa shape index (κ3) is 2.40. The summed E-state index contributed by atoms with van der Waals surface area (Å²) in [6, 6.07) is 0. The molecule has 3 heterocycles. The number of nitrogens with zero attached hydrogens (tertiary/aromatic N) is 2. The molecular weight excluding hydrogens is 248 g/mol. The summed E-state index contributed by atoms with van der Waals surface area (Å²) in [4.78, 5) is 21.9. The molecule has 0 spiro atoms. The van der Waals surface area contributed by atoms with Gasteiger partial charge in [-0.2, -0.15) is 11.8 Å². The molecule has 1 aromatic rings. The summed E-state index contributed by atoms with van der Waals surface area (Å²) < 4.78 is 0. The number of anilines is 1. The van der Waals surface area contributed by atoms with E-state index in [0.717, 1.165) is 67.7 Å². The monoisotopic (exact) mass is 266 g/mol. The largest absolute Gasteiger partial charge is 0.341 e. The number of rotatable bonds is 1. The van der Waals surface area contributed by atoms with Crippen molar-refractivity contribution in [3.05, 3.63) is 21.6 Å². The van der Waals surface area contributed by atoms with Crippen LogP contribution in [0.25, 0.3) is 0 Å². The van der Waals surface area contributed by atoms with Gasteiger partial charge in [0.1, 0.15) is 0 Å². The van der Waals surface area contributed by atoms with E-state index in [1.54, 1.807) is 0 Å². The Morgan fingerprint density at radius 1 is 1.17 bits per heavy atom. The van der Waals surface area contributed by atoms with Crippen LogP contribution in [-0.4, -0.2) is 47.7 Å². The molecule has 1 saturated heterocycles. The van der Waals surface area contributed by atoms with Crippen molar-refractivity contribution < 1.29 is 0 Å². The molecule has 0 aromatic carbocycles. The minimum Gasteiger partial charge on any atom is -0.341 e. The number of aromatic amines is 1. The molecule has 3 rings (SSSR count). The molecule has 0 saturated carbocycles. The lowest BCUT2D eigenvalue weighted by Crippen LogP contribution is -2.36. The minimum atomic E-state index is 0.0527. The quantitative estimate of drug-likeness (QED) is 0.750. The summed E-state index contributed by atoms with van der Waals surface area (Å²) in [5, 5.41) is 3.31. The number of H-pyrrole nitrogens is 1. The van der Waals surface area contributed by atoms with Gasteiger partial charge < -0.3 is 10.2 Å². The van der Waals surface area contributed by atoms with Gasteiger partial charge in [-0.3, -0.25) is 9.78 Å². The lowest BCUT2D eigenvalue weighted by molar-refractivity contribution is 0.707. The van der Waals surface area contributed by atoms with Gasteiger partial charge >= 0.3 is 0 Å². The summed E-state index contributed by atoms with van der Waals surface area (Å²) in [5.74, 6) is 2.99. The van der Waals surface area contributed by atoms with E-state index in [-0.39, 0.29) is 5.56 Å². The second-order valence-electron chi connectivity index (χ2n) is 4.66. The highest BCUT2D eigenvalue weighted by molar-refractivity contribution is 7.99. The van der Waals surface area contributed by atoms with E-state index >= 15 is 0 Å². The highest BCUT2D eigenvalue weighted by Gasteiger charge is 2.18. The highest BCUT2D eigenvalue weighted by Crippen LogP contribution is 2.16. The van der Waals surface area contributed by atoms with Gasteiger partial charge in [-0.05, 0) is 13.0 Å². The number of hydrogen-bond donors (Lipinski definition) is 2. The number of aromatic nitrogens is 2. The fraction of sp³-hybridized carbons (Fsp3) is 0.667. The van der Waals surface area contributed by atoms with Crippen LogP contribution in [0.4, 0.5) is 5.95 Å². The second kappa shape index (κ2) is 5.32. The van der Waals surface area contributed by atoms with Gasteiger partial charge in [0.2, 0.25) is 5.95 Å². The molecule has 1 aromatic heterocycles. The molecule has 0 unspecified atom stereocenters. The van der Waals surface area contributed by atoms with Crippen LogP contribution in [0.1, 0.15) is 11.3 Å². The molecule has 2 N–H and O–H groups in total. The molecule has 0 amide bonds. The minimum absolute atomic E-state index is 0.0527. The van der Waals surface area contributed by atoms with Gasteiger partial charge in [-0.1, -0.05) is 0 Å². The maximum Gasteiger partial charge on any atom is 0.255 e. The standard InChI is InChI=1S/C12H18N4OS/c17-11-9-1-3-13-4-2-10(9)14-12(15-11)16-5-7-18-8-6-16/h13H,1-8H2,(H,14,15,17). The number of fused-ring (bicyclic) bond motifs is 1. The first-order valence-electron chi connectivity index (χ1n) is 6.50. The lowest BCUT2D eigenvalue weighted by atomic mass is 10.1. The van der Waals surface area contributed by atoms with Crippen LogP contribution in [0.5, 0.6) is 0 Å². The molecule has 2 aliphatic rings. The summed E-state index contributed by atoms with van der Waals surface area (Å²) in [5.41, 5.74) is 1.91. The highest BCUT2D eigenvalue weighted by atomic mass is 32.2. The molecule has 18 heavy (non-hydrogen) atoms. The van der Waals surface area contributed by atoms with Gasteiger partial charge in [-0.25, -0.2) is 4.98 Å². The molecule has 98 valence electrons. The molecule has 2 aliphatic heterocycles. The Labute approximate surface area is 110 Å². The molecule has 0 aliphatic carbocycles. The lowest BCUT2D eigenvalue weighted by Gasteiger charge is -2.27. The van der Waals surface area contributed by atoms with Crippen LogP contribution < -0.4 is 15.8 Å². The Kier molecular flexibility index (Phi) is 3.56. The van der Waals surface area contributed by atoms with Crippen LogP contribution in [0, 0.1) is 0 Å². The smallest absolute Gasteiger partial charge is 0.255 e. The number of nitrogens with one attached hydrogen (secondary N) is 2. The molecule has 0 radical (unpaired) electrons. The van der Waals surface area contributed by atoms with Crippen molar-refractivity contribution in [2.45, 2.75) is 12.8 Å². The van der Waals surface area contributed by atoms with Crippen molar-refractivity contribution in [3.63, 3.8) is 0 Å². The Morgan fingerprint density at radius 3 is 2.78 bits per heavy atom. The van der Waals surface area contributed by atoms with Gasteiger partial charge in [0.05, 0.1) is 5.69 Å². The van der Waals surface area contributed by atoms with E-state index in [1.165, 1.54) is 0 Å². The fourth-order valence-corrected chi connectivity index (χ4v) is 3.37. The molecule has 0 atom stereocenters. The predicted molar refractivity (Wildman–Crippen MR) is 74.7 cm³/mol. The second-order valence-corrected chi connectivity index (χ2v) is 5.89. The molecule has 1 fully saturated rings. The first-order chi connectivity index (χ1) is 8.84. The predicted octanol–water partition coefficient (Wildman–Crippen LogP) is 0.0113. The van der Waals surface area contributed by atoms with E-state index in [9.17, 15) is 4.79 Å². The Balaban J connectivity index is 1.94. The average Bonchev–Trinajstić information content (AvgIpc) is 2.65. The molecular formula is C12H18N4OS. The third-order valence-electron chi connectivity index (χ3n) is 3.49. The number of thioether (sulfide) groups is 1. The maximum atomic E-state index is 12.1. The molecule has 0 bridgehead atoms. The van der Waals surface area contributed by atoms with Crippen molar-refractivity contribution in [1.29, 1.82) is 0 Å².